The molecule has 1 aliphatic heterocycles. The zero-order valence-electron chi connectivity index (χ0n) is 19.9. The monoisotopic (exact) mass is 475 g/mol. The van der Waals surface area contributed by atoms with Gasteiger partial charge in [-0.25, -0.2) is 8.42 Å². The average molecular weight is 476 g/mol. The lowest BCUT2D eigenvalue weighted by atomic mass is 9.79. The highest BCUT2D eigenvalue weighted by Crippen LogP contribution is 2.31. The van der Waals surface area contributed by atoms with Crippen molar-refractivity contribution in [3.63, 3.8) is 0 Å². The molecule has 0 bridgehead atoms. The van der Waals surface area contributed by atoms with Crippen LogP contribution in [0.3, 0.4) is 0 Å². The normalized spacial score (nSPS) is 15.5. The minimum atomic E-state index is -3.45. The smallest absolute Gasteiger partial charge is 0.222 e. The summed E-state index contributed by atoms with van der Waals surface area (Å²) in [6.45, 7) is 13.7. The van der Waals surface area contributed by atoms with Crippen LogP contribution >= 0.6 is 11.6 Å². The fourth-order valence-corrected chi connectivity index (χ4v) is 5.55. The molecule has 0 aliphatic carbocycles. The number of nitrogens with zero attached hydrogens (tertiary/aromatic N) is 1. The molecule has 1 aliphatic rings. The summed E-state index contributed by atoms with van der Waals surface area (Å²) in [6, 6.07) is 12.9. The van der Waals surface area contributed by atoms with Gasteiger partial charge in [0, 0.05) is 24.5 Å². The predicted molar refractivity (Wildman–Crippen MR) is 131 cm³/mol. The molecule has 32 heavy (non-hydrogen) atoms. The van der Waals surface area contributed by atoms with Crippen LogP contribution < -0.4 is 0 Å². The Hall–Kier alpha value is -1.85. The van der Waals surface area contributed by atoms with E-state index >= 15 is 0 Å². The van der Waals surface area contributed by atoms with E-state index in [4.69, 9.17) is 11.6 Å². The van der Waals surface area contributed by atoms with E-state index in [0.717, 1.165) is 5.56 Å². The van der Waals surface area contributed by atoms with E-state index in [-0.39, 0.29) is 34.7 Å². The van der Waals surface area contributed by atoms with Gasteiger partial charge in [0.15, 0.2) is 9.84 Å². The number of hydrogen-bond acceptors (Lipinski definition) is 3. The Balaban J connectivity index is 1.64. The van der Waals surface area contributed by atoms with Crippen LogP contribution in [0.2, 0.25) is 5.02 Å². The van der Waals surface area contributed by atoms with Gasteiger partial charge in [-0.2, -0.15) is 0 Å². The molecule has 0 atom stereocenters. The SMILES string of the molecule is CC(C)(C)c1cc(CCC(=O)N2CC(S(=O)(=O)c3ccc(Cl)cc3)C2)cc(C(C)(C)C)c1. The summed E-state index contributed by atoms with van der Waals surface area (Å²) in [5.41, 5.74) is 3.75. The number of aryl methyl sites for hydroxylation is 1. The van der Waals surface area contributed by atoms with E-state index in [2.05, 4.69) is 59.7 Å². The van der Waals surface area contributed by atoms with Crippen LogP contribution in [-0.4, -0.2) is 37.6 Å². The molecule has 6 heteroatoms. The molecule has 0 saturated carbocycles. The minimum Gasteiger partial charge on any atom is -0.340 e. The molecule has 3 rings (SSSR count). The van der Waals surface area contributed by atoms with Crippen LogP contribution in [-0.2, 0) is 31.9 Å². The van der Waals surface area contributed by atoms with Gasteiger partial charge in [0.1, 0.15) is 5.25 Å². The van der Waals surface area contributed by atoms with Crippen molar-refractivity contribution in [2.45, 2.75) is 75.4 Å². The van der Waals surface area contributed by atoms with Crippen molar-refractivity contribution in [1.29, 1.82) is 0 Å². The van der Waals surface area contributed by atoms with Gasteiger partial charge in [0.2, 0.25) is 5.91 Å². The van der Waals surface area contributed by atoms with Gasteiger partial charge in [-0.1, -0.05) is 71.3 Å². The number of sulfone groups is 1. The Bertz CT molecular complexity index is 1060. The molecule has 174 valence electrons. The van der Waals surface area contributed by atoms with Crippen molar-refractivity contribution < 1.29 is 13.2 Å². The van der Waals surface area contributed by atoms with Gasteiger partial charge in [-0.15, -0.1) is 0 Å². The number of likely N-dealkylation sites (tertiary alicyclic amines) is 1. The van der Waals surface area contributed by atoms with Crippen LogP contribution in [0.4, 0.5) is 0 Å². The number of benzene rings is 2. The fraction of sp³-hybridized carbons (Fsp3) is 0.500. The third-order valence-electron chi connectivity index (χ3n) is 6.13. The summed E-state index contributed by atoms with van der Waals surface area (Å²) in [6.07, 6.45) is 1.03. The second-order valence-corrected chi connectivity index (χ2v) is 13.5. The summed E-state index contributed by atoms with van der Waals surface area (Å²) in [4.78, 5) is 14.6. The maximum absolute atomic E-state index is 12.8. The number of amides is 1. The maximum atomic E-state index is 12.8. The van der Waals surface area contributed by atoms with E-state index in [9.17, 15) is 13.2 Å². The first-order valence-electron chi connectivity index (χ1n) is 11.1. The third-order valence-corrected chi connectivity index (χ3v) is 8.49. The molecule has 0 radical (unpaired) electrons. The molecule has 1 fully saturated rings. The first-order valence-corrected chi connectivity index (χ1v) is 13.0. The van der Waals surface area contributed by atoms with E-state index < -0.39 is 15.1 Å². The second kappa shape index (κ2) is 8.83. The third kappa shape index (κ3) is 5.55. The van der Waals surface area contributed by atoms with Gasteiger partial charge >= 0.3 is 0 Å². The summed E-state index contributed by atoms with van der Waals surface area (Å²) in [5, 5.41) is -0.0520. The Morgan fingerprint density at radius 2 is 1.44 bits per heavy atom. The first-order chi connectivity index (χ1) is 14.7. The number of carbonyl (C=O) groups excluding carboxylic acids is 1. The summed E-state index contributed by atoms with van der Waals surface area (Å²) >= 11 is 5.86. The molecule has 1 amide bonds. The van der Waals surface area contributed by atoms with E-state index in [1.54, 1.807) is 17.0 Å². The largest absolute Gasteiger partial charge is 0.340 e. The second-order valence-electron chi connectivity index (χ2n) is 10.8. The molecule has 2 aromatic carbocycles. The Labute approximate surface area is 197 Å². The average Bonchev–Trinajstić information content (AvgIpc) is 2.63. The Morgan fingerprint density at radius 1 is 0.938 bits per heavy atom. The van der Waals surface area contributed by atoms with Crippen molar-refractivity contribution in [1.82, 2.24) is 4.90 Å². The summed E-state index contributed by atoms with van der Waals surface area (Å²) in [5.74, 6) is 0.00558. The molecular weight excluding hydrogens is 442 g/mol. The molecule has 0 aromatic heterocycles. The lowest BCUT2D eigenvalue weighted by Crippen LogP contribution is -2.56. The lowest BCUT2D eigenvalue weighted by Gasteiger charge is -2.38. The fourth-order valence-electron chi connectivity index (χ4n) is 3.77. The number of hydrogen-bond donors (Lipinski definition) is 0. The van der Waals surface area contributed by atoms with Crippen LogP contribution in [0, 0.1) is 0 Å². The highest BCUT2D eigenvalue weighted by Gasteiger charge is 2.40. The Kier molecular flexibility index (Phi) is 6.84. The topological polar surface area (TPSA) is 54.5 Å². The number of carbonyl (C=O) groups is 1. The van der Waals surface area contributed by atoms with E-state index in [1.807, 2.05) is 0 Å². The quantitative estimate of drug-likeness (QED) is 0.569. The van der Waals surface area contributed by atoms with Gasteiger partial charge in [-0.3, -0.25) is 4.79 Å². The lowest BCUT2D eigenvalue weighted by molar-refractivity contribution is -0.134. The first kappa shape index (κ1) is 24.8. The van der Waals surface area contributed by atoms with Crippen LogP contribution in [0.1, 0.15) is 64.7 Å². The molecule has 4 nitrogen and oxygen atoms in total. The summed E-state index contributed by atoms with van der Waals surface area (Å²) < 4.78 is 25.5. The van der Waals surface area contributed by atoms with E-state index in [0.29, 0.717) is 17.9 Å². The van der Waals surface area contributed by atoms with Crippen molar-refractivity contribution in [3.05, 3.63) is 64.2 Å². The highest BCUT2D eigenvalue weighted by atomic mass is 35.5. The van der Waals surface area contributed by atoms with Crippen LogP contribution in [0.15, 0.2) is 47.4 Å². The zero-order valence-corrected chi connectivity index (χ0v) is 21.5. The van der Waals surface area contributed by atoms with Gasteiger partial charge in [0.05, 0.1) is 4.90 Å². The van der Waals surface area contributed by atoms with Crippen molar-refractivity contribution >= 4 is 27.3 Å². The molecule has 2 aromatic rings. The number of rotatable bonds is 5. The molecule has 1 saturated heterocycles. The molecular formula is C26H34ClNO3S. The van der Waals surface area contributed by atoms with Crippen molar-refractivity contribution in [3.8, 4) is 0 Å². The zero-order chi connectivity index (χ0) is 23.9. The minimum absolute atomic E-state index is 0.00558. The summed E-state index contributed by atoms with van der Waals surface area (Å²) in [7, 11) is -3.45. The van der Waals surface area contributed by atoms with Crippen LogP contribution in [0.25, 0.3) is 0 Å². The molecule has 0 N–H and O–H groups in total. The predicted octanol–water partition coefficient (Wildman–Crippen LogP) is 5.55. The van der Waals surface area contributed by atoms with Crippen molar-refractivity contribution in [2.75, 3.05) is 13.1 Å². The van der Waals surface area contributed by atoms with Gasteiger partial charge in [0.25, 0.3) is 0 Å². The maximum Gasteiger partial charge on any atom is 0.222 e. The van der Waals surface area contributed by atoms with Gasteiger partial charge in [-0.05, 0) is 58.2 Å². The van der Waals surface area contributed by atoms with Gasteiger partial charge < -0.3 is 4.90 Å². The van der Waals surface area contributed by atoms with E-state index in [1.165, 1.54) is 23.3 Å². The molecule has 0 spiro atoms. The van der Waals surface area contributed by atoms with Crippen LogP contribution in [0.5, 0.6) is 0 Å². The molecule has 0 unspecified atom stereocenters. The van der Waals surface area contributed by atoms with Crippen molar-refractivity contribution in [2.24, 2.45) is 0 Å². The molecule has 1 heterocycles. The highest BCUT2D eigenvalue weighted by molar-refractivity contribution is 7.92. The Morgan fingerprint density at radius 3 is 1.91 bits per heavy atom. The standard InChI is InChI=1S/C26H34ClNO3S/c1-25(2,3)19-13-18(14-20(15-19)26(4,5)6)7-12-24(29)28-16-23(17-28)32(30,31)22-10-8-21(27)9-11-22/h8-11,13-15,23H,7,12,16-17H2,1-6H3. The number of halogens is 1.